The van der Waals surface area contributed by atoms with Gasteiger partial charge in [0.1, 0.15) is 17.4 Å². The van der Waals surface area contributed by atoms with Crippen LogP contribution in [0, 0.1) is 5.92 Å². The summed E-state index contributed by atoms with van der Waals surface area (Å²) in [6.07, 6.45) is 8.17. The minimum absolute atomic E-state index is 0.0688. The molecule has 1 saturated heterocycles. The third kappa shape index (κ3) is 11.6. The van der Waals surface area contributed by atoms with Gasteiger partial charge in [0.05, 0.1) is 19.4 Å². The van der Waals surface area contributed by atoms with Crippen molar-refractivity contribution in [2.75, 3.05) is 33.9 Å². The van der Waals surface area contributed by atoms with E-state index in [1.807, 2.05) is 0 Å². The maximum Gasteiger partial charge on any atom is 0.341 e. The number of aromatic nitrogens is 2. The Morgan fingerprint density at radius 2 is 1.78 bits per heavy atom. The Bertz CT molecular complexity index is 1330. The lowest BCUT2D eigenvalue weighted by molar-refractivity contribution is -0.125. The number of rotatable bonds is 19. The number of carbonyl (C=O) groups is 4. The zero-order valence-electron chi connectivity index (χ0n) is 27.5. The maximum atomic E-state index is 13.1. The number of hydrogen-bond acceptors (Lipinski definition) is 10. The number of para-hydroxylation sites is 1. The molecule has 46 heavy (non-hydrogen) atoms. The molecule has 1 unspecified atom stereocenters. The summed E-state index contributed by atoms with van der Waals surface area (Å²) < 4.78 is 15.7. The molecule has 1 aromatic heterocycles. The first-order valence-electron chi connectivity index (χ1n) is 16.2. The highest BCUT2D eigenvalue weighted by atomic mass is 16.5. The summed E-state index contributed by atoms with van der Waals surface area (Å²) in [5.41, 5.74) is 0.832. The van der Waals surface area contributed by atoms with Gasteiger partial charge in [-0.1, -0.05) is 56.8 Å². The van der Waals surface area contributed by atoms with Gasteiger partial charge in [-0.3, -0.25) is 19.4 Å². The van der Waals surface area contributed by atoms with Gasteiger partial charge >= 0.3 is 5.97 Å². The van der Waals surface area contributed by atoms with Gasteiger partial charge in [0, 0.05) is 26.6 Å². The number of unbranched alkanes of at least 4 members (excludes halogenated alkanes) is 5. The third-order valence-corrected chi connectivity index (χ3v) is 7.65. The van der Waals surface area contributed by atoms with Crippen LogP contribution < -0.4 is 15.4 Å². The summed E-state index contributed by atoms with van der Waals surface area (Å²) in [5, 5.41) is 9.69. The van der Waals surface area contributed by atoms with Gasteiger partial charge in [0.15, 0.2) is 12.4 Å². The van der Waals surface area contributed by atoms with Crippen LogP contribution in [0.5, 0.6) is 5.75 Å². The van der Waals surface area contributed by atoms with Gasteiger partial charge in [0.25, 0.3) is 11.8 Å². The minimum atomic E-state index is -0.518. The van der Waals surface area contributed by atoms with Crippen LogP contribution in [0.15, 0.2) is 33.8 Å². The molecular weight excluding hydrogens is 592 g/mol. The second kappa shape index (κ2) is 19.3. The zero-order chi connectivity index (χ0) is 33.3. The molecule has 1 atom stereocenters. The van der Waals surface area contributed by atoms with E-state index in [2.05, 4.69) is 39.6 Å². The summed E-state index contributed by atoms with van der Waals surface area (Å²) >= 11 is 0. The normalized spacial score (nSPS) is 14.8. The third-order valence-electron chi connectivity index (χ3n) is 7.65. The predicted octanol–water partition coefficient (Wildman–Crippen LogP) is 4.18. The number of amides is 3. The fraction of sp³-hybridized carbons (Fsp3) is 0.606. The van der Waals surface area contributed by atoms with Crippen LogP contribution in [-0.2, 0) is 25.7 Å². The van der Waals surface area contributed by atoms with Crippen LogP contribution in [0.4, 0.5) is 0 Å². The van der Waals surface area contributed by atoms with Crippen molar-refractivity contribution in [1.82, 2.24) is 25.7 Å². The van der Waals surface area contributed by atoms with Crippen molar-refractivity contribution in [2.24, 2.45) is 10.9 Å². The molecule has 3 rings (SSSR count). The first-order valence-corrected chi connectivity index (χ1v) is 16.2. The Morgan fingerprint density at radius 1 is 1.04 bits per heavy atom. The van der Waals surface area contributed by atoms with E-state index in [4.69, 9.17) is 14.0 Å². The quantitative estimate of drug-likeness (QED) is 0.130. The summed E-state index contributed by atoms with van der Waals surface area (Å²) in [7, 11) is 2.94. The van der Waals surface area contributed by atoms with Gasteiger partial charge in [-0.05, 0) is 50.2 Å². The van der Waals surface area contributed by atoms with E-state index < -0.39 is 5.97 Å². The van der Waals surface area contributed by atoms with Gasteiger partial charge < -0.3 is 29.5 Å². The van der Waals surface area contributed by atoms with Crippen LogP contribution >= 0.6 is 0 Å². The largest absolute Gasteiger partial charge is 0.483 e. The van der Waals surface area contributed by atoms with Crippen LogP contribution in [-0.4, -0.2) is 78.3 Å². The van der Waals surface area contributed by atoms with E-state index in [0.29, 0.717) is 55.0 Å². The minimum Gasteiger partial charge on any atom is -0.483 e. The predicted molar refractivity (Wildman–Crippen MR) is 171 cm³/mol. The molecule has 2 aromatic rings. The summed E-state index contributed by atoms with van der Waals surface area (Å²) in [4.78, 5) is 59.7. The molecular formula is C33H48N6O7. The van der Waals surface area contributed by atoms with E-state index in [1.54, 1.807) is 36.2 Å². The molecule has 0 saturated carbocycles. The van der Waals surface area contributed by atoms with Crippen molar-refractivity contribution in [1.29, 1.82) is 0 Å². The number of ether oxygens (including phenoxy) is 2. The number of methoxy groups -OCH3 is 1. The molecule has 0 radical (unpaired) electrons. The molecule has 0 bridgehead atoms. The molecule has 2 N–H and O–H groups in total. The van der Waals surface area contributed by atoms with Crippen molar-refractivity contribution in [2.45, 2.75) is 90.6 Å². The Morgan fingerprint density at radius 3 is 2.52 bits per heavy atom. The van der Waals surface area contributed by atoms with Gasteiger partial charge in [-0.15, -0.1) is 0 Å². The number of nitrogens with one attached hydrogen (secondary N) is 2. The first kappa shape index (κ1) is 36.2. The molecule has 1 aromatic carbocycles. The molecule has 13 heteroatoms. The summed E-state index contributed by atoms with van der Waals surface area (Å²) in [6, 6.07) is 6.35. The second-order valence-corrected chi connectivity index (χ2v) is 11.7. The van der Waals surface area contributed by atoms with Crippen molar-refractivity contribution in [3.05, 3.63) is 41.5 Å². The molecule has 3 amide bonds. The first-order chi connectivity index (χ1) is 22.2. The fourth-order valence-corrected chi connectivity index (χ4v) is 5.24. The van der Waals surface area contributed by atoms with Crippen LogP contribution in [0.2, 0.25) is 0 Å². The van der Waals surface area contributed by atoms with Crippen molar-refractivity contribution >= 4 is 29.4 Å². The lowest BCUT2D eigenvalue weighted by atomic mass is 10.1. The van der Waals surface area contributed by atoms with E-state index >= 15 is 0 Å². The SMILES string of the molecule is CN=C(CC(C)C)C(=O)N1CCCC1c1nc(CNC(=O)CCCCCCCCNC(=O)COc2ccccc2C(=O)OC)no1. The highest BCUT2D eigenvalue weighted by Gasteiger charge is 2.35. The zero-order valence-corrected chi connectivity index (χ0v) is 27.5. The Labute approximate surface area is 270 Å². The Kier molecular flexibility index (Phi) is 15.2. The number of nitrogens with zero attached hydrogens (tertiary/aromatic N) is 4. The summed E-state index contributed by atoms with van der Waals surface area (Å²) in [5.74, 6) is 0.491. The van der Waals surface area contributed by atoms with Crippen LogP contribution in [0.25, 0.3) is 0 Å². The average molecular weight is 641 g/mol. The number of hydrogen-bond donors (Lipinski definition) is 2. The smallest absolute Gasteiger partial charge is 0.341 e. The fourth-order valence-electron chi connectivity index (χ4n) is 5.24. The summed E-state index contributed by atoms with van der Waals surface area (Å²) in [6.45, 7) is 5.27. The average Bonchev–Trinajstić information content (AvgIpc) is 3.74. The molecule has 0 aliphatic carbocycles. The van der Waals surface area contributed by atoms with Crippen molar-refractivity contribution < 1.29 is 33.2 Å². The van der Waals surface area contributed by atoms with E-state index in [-0.39, 0.29) is 42.5 Å². The molecule has 252 valence electrons. The standard InChI is InChI=1S/C33H48N6O7/c1-23(2)20-25(34-3)32(42)39-19-13-15-26(39)31-37-28(38-46-31)21-36-29(40)17-9-7-5-6-8-12-18-35-30(41)22-45-27-16-11-10-14-24(27)33(43)44-4/h10-11,14,16,23,26H,5-9,12-13,15,17-22H2,1-4H3,(H,35,41)(H,36,40). The lowest BCUT2D eigenvalue weighted by Gasteiger charge is -2.23. The van der Waals surface area contributed by atoms with Gasteiger partial charge in [-0.2, -0.15) is 4.98 Å². The topological polar surface area (TPSA) is 165 Å². The van der Waals surface area contributed by atoms with E-state index in [9.17, 15) is 19.2 Å². The maximum absolute atomic E-state index is 13.1. The second-order valence-electron chi connectivity index (χ2n) is 11.7. The van der Waals surface area contributed by atoms with Crippen molar-refractivity contribution in [3.63, 3.8) is 0 Å². The van der Waals surface area contributed by atoms with Crippen molar-refractivity contribution in [3.8, 4) is 5.75 Å². The number of benzene rings is 1. The van der Waals surface area contributed by atoms with Gasteiger partial charge in [0.2, 0.25) is 11.8 Å². The van der Waals surface area contributed by atoms with E-state index in [0.717, 1.165) is 51.4 Å². The van der Waals surface area contributed by atoms with Crippen LogP contribution in [0.1, 0.15) is 106 Å². The molecule has 1 aliphatic heterocycles. The lowest BCUT2D eigenvalue weighted by Crippen LogP contribution is -2.36. The Hall–Kier alpha value is -4.29. The van der Waals surface area contributed by atoms with Crippen LogP contribution in [0.3, 0.4) is 0 Å². The molecule has 13 nitrogen and oxygen atoms in total. The highest BCUT2D eigenvalue weighted by Crippen LogP contribution is 2.31. The monoisotopic (exact) mass is 640 g/mol. The highest BCUT2D eigenvalue weighted by molar-refractivity contribution is 6.38. The molecule has 1 fully saturated rings. The van der Waals surface area contributed by atoms with Gasteiger partial charge in [-0.25, -0.2) is 4.79 Å². The number of carbonyl (C=O) groups excluding carboxylic acids is 4. The number of aliphatic imine (C=N–C) groups is 1. The van der Waals surface area contributed by atoms with E-state index in [1.165, 1.54) is 7.11 Å². The molecule has 2 heterocycles. The number of likely N-dealkylation sites (tertiary alicyclic amines) is 1. The number of esters is 1. The molecule has 1 aliphatic rings. The Balaban J connectivity index is 1.23. The molecule has 0 spiro atoms.